The zero-order valence-electron chi connectivity index (χ0n) is 19.9. The van der Waals surface area contributed by atoms with E-state index in [9.17, 15) is 14.4 Å². The number of nitriles is 1. The second kappa shape index (κ2) is 11.4. The van der Waals surface area contributed by atoms with Crippen LogP contribution in [0.1, 0.15) is 54.4 Å². The Labute approximate surface area is 200 Å². The first-order chi connectivity index (χ1) is 16.3. The van der Waals surface area contributed by atoms with Crippen LogP contribution in [0.4, 0.5) is 10.2 Å². The van der Waals surface area contributed by atoms with Crippen molar-refractivity contribution in [3.05, 3.63) is 76.7 Å². The molecule has 3 N–H and O–H groups in total. The highest BCUT2D eigenvalue weighted by Gasteiger charge is 2.16. The van der Waals surface area contributed by atoms with Crippen LogP contribution < -0.4 is 11.1 Å². The number of hydrogen-bond acceptors (Lipinski definition) is 5. The van der Waals surface area contributed by atoms with E-state index in [4.69, 9.17) is 5.73 Å². The number of halogens is 1. The molecule has 0 bridgehead atoms. The van der Waals surface area contributed by atoms with Gasteiger partial charge in [0, 0.05) is 24.7 Å². The lowest BCUT2D eigenvalue weighted by atomic mass is 10.1. The van der Waals surface area contributed by atoms with E-state index in [-0.39, 0.29) is 17.5 Å². The zero-order valence-corrected chi connectivity index (χ0v) is 19.9. The fraction of sp³-hybridized carbons (Fsp3) is 0.346. The standard InChI is InChI=1S/C26H31FN6O/c1-4-32(18(2)3)17-19-7-9-20(10-8-19)26(34)30-15-5-6-24-23(16-28)25(29)33(31-24)22-13-11-21(27)12-14-22/h7-14,18H,4-6,15,17,29H2,1-3H3,(H,30,34). The Bertz CT molecular complexity index is 1150. The third-order valence-corrected chi connectivity index (χ3v) is 5.79. The molecule has 8 heteroatoms. The van der Waals surface area contributed by atoms with Crippen LogP contribution in [0, 0.1) is 17.1 Å². The highest BCUT2D eigenvalue weighted by molar-refractivity contribution is 5.94. The van der Waals surface area contributed by atoms with Gasteiger partial charge in [-0.3, -0.25) is 9.69 Å². The number of nitrogen functional groups attached to an aromatic ring is 1. The Hall–Kier alpha value is -3.70. The maximum absolute atomic E-state index is 13.2. The summed E-state index contributed by atoms with van der Waals surface area (Å²) < 4.78 is 14.6. The number of hydrogen-bond donors (Lipinski definition) is 2. The van der Waals surface area contributed by atoms with Crippen molar-refractivity contribution >= 4 is 11.7 Å². The molecule has 1 heterocycles. The van der Waals surface area contributed by atoms with E-state index < -0.39 is 0 Å². The topological polar surface area (TPSA) is 100.0 Å². The summed E-state index contributed by atoms with van der Waals surface area (Å²) in [7, 11) is 0. The van der Waals surface area contributed by atoms with Crippen molar-refractivity contribution in [1.82, 2.24) is 20.0 Å². The van der Waals surface area contributed by atoms with Gasteiger partial charge in [0.1, 0.15) is 23.3 Å². The minimum Gasteiger partial charge on any atom is -0.382 e. The van der Waals surface area contributed by atoms with Crippen molar-refractivity contribution in [3.63, 3.8) is 0 Å². The lowest BCUT2D eigenvalue weighted by Gasteiger charge is -2.24. The fourth-order valence-corrected chi connectivity index (χ4v) is 3.77. The third kappa shape index (κ3) is 6.00. The maximum Gasteiger partial charge on any atom is 0.251 e. The summed E-state index contributed by atoms with van der Waals surface area (Å²) in [6.45, 7) is 8.75. The molecule has 3 rings (SSSR count). The number of nitrogens with one attached hydrogen (secondary N) is 1. The Morgan fingerprint density at radius 1 is 1.21 bits per heavy atom. The van der Waals surface area contributed by atoms with Crippen LogP contribution in [0.2, 0.25) is 0 Å². The summed E-state index contributed by atoms with van der Waals surface area (Å²) in [5, 5.41) is 16.9. The van der Waals surface area contributed by atoms with Gasteiger partial charge in [-0.05, 0) is 75.2 Å². The molecule has 0 spiro atoms. The molecule has 0 aliphatic rings. The summed E-state index contributed by atoms with van der Waals surface area (Å²) in [6, 6.07) is 16.0. The average molecular weight is 463 g/mol. The van der Waals surface area contributed by atoms with Crippen molar-refractivity contribution in [2.75, 3.05) is 18.8 Å². The third-order valence-electron chi connectivity index (χ3n) is 5.79. The lowest BCUT2D eigenvalue weighted by molar-refractivity contribution is 0.0953. The van der Waals surface area contributed by atoms with Gasteiger partial charge in [-0.15, -0.1) is 0 Å². The molecule has 0 aliphatic carbocycles. The number of benzene rings is 2. The molecule has 0 aliphatic heterocycles. The van der Waals surface area contributed by atoms with Crippen molar-refractivity contribution in [2.24, 2.45) is 0 Å². The molecular weight excluding hydrogens is 431 g/mol. The molecule has 0 unspecified atom stereocenters. The van der Waals surface area contributed by atoms with Gasteiger partial charge in [0.05, 0.1) is 11.4 Å². The summed E-state index contributed by atoms with van der Waals surface area (Å²) >= 11 is 0. The summed E-state index contributed by atoms with van der Waals surface area (Å²) in [6.07, 6.45) is 1.07. The molecule has 0 fully saturated rings. The van der Waals surface area contributed by atoms with E-state index in [1.165, 1.54) is 22.4 Å². The number of nitrogens with two attached hydrogens (primary N) is 1. The number of carbonyl (C=O) groups is 1. The Balaban J connectivity index is 1.55. The van der Waals surface area contributed by atoms with Gasteiger partial charge in [-0.25, -0.2) is 9.07 Å². The molecule has 0 saturated heterocycles. The van der Waals surface area contributed by atoms with Crippen LogP contribution in [-0.2, 0) is 13.0 Å². The van der Waals surface area contributed by atoms with Crippen LogP contribution in [0.25, 0.3) is 5.69 Å². The molecule has 1 aromatic heterocycles. The number of aromatic nitrogens is 2. The predicted molar refractivity (Wildman–Crippen MR) is 131 cm³/mol. The molecule has 178 valence electrons. The quantitative estimate of drug-likeness (QED) is 0.443. The Morgan fingerprint density at radius 2 is 1.88 bits per heavy atom. The molecule has 0 radical (unpaired) electrons. The smallest absolute Gasteiger partial charge is 0.251 e. The molecule has 3 aromatic rings. The molecular formula is C26H31FN6O. The first kappa shape index (κ1) is 24.9. The summed E-state index contributed by atoms with van der Waals surface area (Å²) in [5.41, 5.74) is 9.30. The van der Waals surface area contributed by atoms with Crippen molar-refractivity contribution in [2.45, 2.75) is 46.2 Å². The van der Waals surface area contributed by atoms with Crippen LogP contribution in [-0.4, -0.2) is 39.7 Å². The largest absolute Gasteiger partial charge is 0.382 e. The van der Waals surface area contributed by atoms with Gasteiger partial charge in [-0.2, -0.15) is 10.4 Å². The van der Waals surface area contributed by atoms with Gasteiger partial charge in [0.15, 0.2) is 0 Å². The van der Waals surface area contributed by atoms with E-state index >= 15 is 0 Å². The maximum atomic E-state index is 13.2. The van der Waals surface area contributed by atoms with E-state index in [1.807, 2.05) is 24.3 Å². The lowest BCUT2D eigenvalue weighted by Crippen LogP contribution is -2.30. The monoisotopic (exact) mass is 462 g/mol. The highest BCUT2D eigenvalue weighted by Crippen LogP contribution is 2.21. The van der Waals surface area contributed by atoms with Crippen molar-refractivity contribution < 1.29 is 9.18 Å². The number of nitrogens with zero attached hydrogens (tertiary/aromatic N) is 4. The van der Waals surface area contributed by atoms with Crippen molar-refractivity contribution in [1.29, 1.82) is 5.26 Å². The van der Waals surface area contributed by atoms with Crippen LogP contribution in [0.3, 0.4) is 0 Å². The molecule has 2 aromatic carbocycles. The molecule has 7 nitrogen and oxygen atoms in total. The Morgan fingerprint density at radius 3 is 2.47 bits per heavy atom. The normalized spacial score (nSPS) is 11.1. The summed E-state index contributed by atoms with van der Waals surface area (Å²) in [4.78, 5) is 14.9. The van der Waals surface area contributed by atoms with Gasteiger partial charge in [0.25, 0.3) is 5.91 Å². The number of carbonyl (C=O) groups excluding carboxylic acids is 1. The van der Waals surface area contributed by atoms with Crippen LogP contribution >= 0.6 is 0 Å². The molecule has 0 saturated carbocycles. The molecule has 0 atom stereocenters. The minimum atomic E-state index is -0.362. The van der Waals surface area contributed by atoms with Crippen LogP contribution in [0.5, 0.6) is 0 Å². The minimum absolute atomic E-state index is 0.139. The summed E-state index contributed by atoms with van der Waals surface area (Å²) in [5.74, 6) is -0.286. The number of aryl methyl sites for hydroxylation is 1. The number of anilines is 1. The predicted octanol–water partition coefficient (Wildman–Crippen LogP) is 4.06. The van der Waals surface area contributed by atoms with Gasteiger partial charge >= 0.3 is 0 Å². The van der Waals surface area contributed by atoms with Crippen molar-refractivity contribution in [3.8, 4) is 11.8 Å². The second-order valence-electron chi connectivity index (χ2n) is 8.42. The first-order valence-corrected chi connectivity index (χ1v) is 11.5. The molecule has 1 amide bonds. The Kier molecular flexibility index (Phi) is 8.39. The van der Waals surface area contributed by atoms with Crippen LogP contribution in [0.15, 0.2) is 48.5 Å². The van der Waals surface area contributed by atoms with Gasteiger partial charge in [0.2, 0.25) is 0 Å². The number of amides is 1. The van der Waals surface area contributed by atoms with E-state index in [0.717, 1.165) is 13.1 Å². The van der Waals surface area contributed by atoms with E-state index in [1.54, 1.807) is 12.1 Å². The SMILES string of the molecule is CCN(Cc1ccc(C(=O)NCCCc2nn(-c3ccc(F)cc3)c(N)c2C#N)cc1)C(C)C. The molecule has 34 heavy (non-hydrogen) atoms. The van der Waals surface area contributed by atoms with E-state index in [0.29, 0.717) is 47.9 Å². The van der Waals surface area contributed by atoms with Gasteiger partial charge in [-0.1, -0.05) is 19.1 Å². The fourth-order valence-electron chi connectivity index (χ4n) is 3.77. The zero-order chi connectivity index (χ0) is 24.7. The number of rotatable bonds is 10. The first-order valence-electron chi connectivity index (χ1n) is 11.5. The van der Waals surface area contributed by atoms with E-state index in [2.05, 4.69) is 42.2 Å². The highest BCUT2D eigenvalue weighted by atomic mass is 19.1. The van der Waals surface area contributed by atoms with Gasteiger partial charge < -0.3 is 11.1 Å². The average Bonchev–Trinajstić information content (AvgIpc) is 3.15. The second-order valence-corrected chi connectivity index (χ2v) is 8.42.